The Hall–Kier alpha value is -1.61. The highest BCUT2D eigenvalue weighted by molar-refractivity contribution is 14.1. The van der Waals surface area contributed by atoms with Gasteiger partial charge < -0.3 is 14.7 Å². The third kappa shape index (κ3) is 2.62. The van der Waals surface area contributed by atoms with E-state index in [4.69, 9.17) is 4.74 Å². The quantitative estimate of drug-likeness (QED) is 0.766. The summed E-state index contributed by atoms with van der Waals surface area (Å²) in [6.45, 7) is 0.686. The van der Waals surface area contributed by atoms with Crippen molar-refractivity contribution in [2.75, 3.05) is 18.1 Å². The number of fused-ring (bicyclic) bond motifs is 1. The van der Waals surface area contributed by atoms with Crippen LogP contribution >= 0.6 is 33.9 Å². The minimum absolute atomic E-state index is 0.0740. The second kappa shape index (κ2) is 5.64. The molecular weight excluding hydrogens is 405 g/mol. The standard InChI is InChI=1S/C14H10INO4S/c15-11-6-8(7-21-11)13(17)16-4-5-20-12-9(14(18)19)2-1-3-10(12)16/h1-3,6-7H,4-5H2,(H,18,19). The first-order chi connectivity index (χ1) is 10.1. The Morgan fingerprint density at radius 2 is 2.19 bits per heavy atom. The fourth-order valence-corrected chi connectivity index (χ4v) is 3.53. The highest BCUT2D eigenvalue weighted by Gasteiger charge is 2.28. The van der Waals surface area contributed by atoms with Crippen LogP contribution in [0.3, 0.4) is 0 Å². The van der Waals surface area contributed by atoms with Crippen LogP contribution in [0, 0.1) is 2.88 Å². The van der Waals surface area contributed by atoms with Gasteiger partial charge in [0.05, 0.1) is 20.7 Å². The van der Waals surface area contributed by atoms with Crippen LogP contribution in [0.1, 0.15) is 20.7 Å². The second-order valence-electron chi connectivity index (χ2n) is 4.40. The number of hydrogen-bond donors (Lipinski definition) is 1. The molecule has 0 saturated heterocycles. The summed E-state index contributed by atoms with van der Waals surface area (Å²) >= 11 is 3.66. The van der Waals surface area contributed by atoms with Crippen LogP contribution in [0.5, 0.6) is 5.75 Å². The molecule has 1 amide bonds. The number of nitrogens with zero attached hydrogens (tertiary/aromatic N) is 1. The highest BCUT2D eigenvalue weighted by atomic mass is 127. The fraction of sp³-hybridized carbons (Fsp3) is 0.143. The molecule has 1 aliphatic rings. The van der Waals surface area contributed by atoms with Crippen molar-refractivity contribution < 1.29 is 19.4 Å². The van der Waals surface area contributed by atoms with Crippen LogP contribution in [-0.2, 0) is 0 Å². The first-order valence-electron chi connectivity index (χ1n) is 6.13. The van der Waals surface area contributed by atoms with Crippen molar-refractivity contribution in [1.29, 1.82) is 0 Å². The number of aromatic carboxylic acids is 1. The van der Waals surface area contributed by atoms with Crippen molar-refractivity contribution in [3.05, 3.63) is 43.7 Å². The molecule has 1 N–H and O–H groups in total. The van der Waals surface area contributed by atoms with Gasteiger partial charge in [-0.25, -0.2) is 4.79 Å². The Labute approximate surface area is 138 Å². The Morgan fingerprint density at radius 3 is 2.86 bits per heavy atom. The van der Waals surface area contributed by atoms with Gasteiger partial charge in [0.1, 0.15) is 12.2 Å². The molecule has 1 aromatic carbocycles. The minimum atomic E-state index is -1.06. The molecule has 0 atom stereocenters. The molecule has 0 aliphatic carbocycles. The number of benzene rings is 1. The highest BCUT2D eigenvalue weighted by Crippen LogP contribution is 2.36. The largest absolute Gasteiger partial charge is 0.489 e. The van der Waals surface area contributed by atoms with Gasteiger partial charge >= 0.3 is 5.97 Å². The van der Waals surface area contributed by atoms with Gasteiger partial charge in [-0.05, 0) is 40.8 Å². The number of anilines is 1. The van der Waals surface area contributed by atoms with E-state index in [0.717, 1.165) is 2.88 Å². The number of carbonyl (C=O) groups is 2. The number of hydrogen-bond acceptors (Lipinski definition) is 4. The molecule has 0 spiro atoms. The third-order valence-corrected chi connectivity index (χ3v) is 4.93. The van der Waals surface area contributed by atoms with E-state index in [0.29, 0.717) is 17.8 Å². The number of carboxylic acids is 1. The molecule has 0 unspecified atom stereocenters. The van der Waals surface area contributed by atoms with Gasteiger partial charge in [0.25, 0.3) is 5.91 Å². The molecule has 7 heteroatoms. The van der Waals surface area contributed by atoms with Crippen molar-refractivity contribution in [2.45, 2.75) is 0 Å². The average Bonchev–Trinajstić information content (AvgIpc) is 2.91. The number of ether oxygens (including phenoxy) is 1. The van der Waals surface area contributed by atoms with Crippen LogP contribution in [0.4, 0.5) is 5.69 Å². The molecule has 0 bridgehead atoms. The number of thiophene rings is 1. The van der Waals surface area contributed by atoms with Crippen LogP contribution in [0.15, 0.2) is 29.6 Å². The lowest BCUT2D eigenvalue weighted by atomic mass is 10.1. The molecule has 0 radical (unpaired) electrons. The molecule has 21 heavy (non-hydrogen) atoms. The Balaban J connectivity index is 2.03. The van der Waals surface area contributed by atoms with Crippen LogP contribution in [0.2, 0.25) is 0 Å². The maximum absolute atomic E-state index is 12.6. The summed E-state index contributed by atoms with van der Waals surface area (Å²) in [5, 5.41) is 11.0. The lowest BCUT2D eigenvalue weighted by Crippen LogP contribution is -2.38. The maximum atomic E-state index is 12.6. The predicted molar refractivity (Wildman–Crippen MR) is 87.6 cm³/mol. The molecule has 0 fully saturated rings. The molecule has 5 nitrogen and oxygen atoms in total. The molecule has 3 rings (SSSR count). The van der Waals surface area contributed by atoms with Crippen molar-refractivity contribution in [1.82, 2.24) is 0 Å². The number of halogens is 1. The molecule has 108 valence electrons. The fourth-order valence-electron chi connectivity index (χ4n) is 2.21. The summed E-state index contributed by atoms with van der Waals surface area (Å²) in [4.78, 5) is 25.4. The molecule has 0 saturated carbocycles. The summed E-state index contributed by atoms with van der Waals surface area (Å²) in [5.41, 5.74) is 1.19. The summed E-state index contributed by atoms with van der Waals surface area (Å²) in [6, 6.07) is 6.62. The molecule has 1 aliphatic heterocycles. The lowest BCUT2D eigenvalue weighted by molar-refractivity contribution is 0.0690. The summed E-state index contributed by atoms with van der Waals surface area (Å²) in [7, 11) is 0. The first kappa shape index (κ1) is 14.3. The van der Waals surface area contributed by atoms with Crippen molar-refractivity contribution in [3.63, 3.8) is 0 Å². The number of carboxylic acid groups (broad SMARTS) is 1. The van der Waals surface area contributed by atoms with Crippen molar-refractivity contribution >= 4 is 51.5 Å². The Bertz CT molecular complexity index is 728. The predicted octanol–water partition coefficient (Wildman–Crippen LogP) is 3.09. The van der Waals surface area contributed by atoms with Gasteiger partial charge in [0, 0.05) is 5.38 Å². The van der Waals surface area contributed by atoms with Gasteiger partial charge in [-0.3, -0.25) is 4.79 Å². The van der Waals surface area contributed by atoms with Gasteiger partial charge in [-0.15, -0.1) is 11.3 Å². The zero-order valence-corrected chi connectivity index (χ0v) is 13.7. The Kier molecular flexibility index (Phi) is 3.85. The van der Waals surface area contributed by atoms with Crippen molar-refractivity contribution in [2.24, 2.45) is 0 Å². The molecular formula is C14H10INO4S. The number of carbonyl (C=O) groups excluding carboxylic acids is 1. The minimum Gasteiger partial charge on any atom is -0.489 e. The summed E-state index contributed by atoms with van der Waals surface area (Å²) in [5.74, 6) is -0.943. The van der Waals surface area contributed by atoms with Crippen LogP contribution < -0.4 is 9.64 Å². The SMILES string of the molecule is O=C(O)c1cccc2c1OCCN2C(=O)c1csc(I)c1. The lowest BCUT2D eigenvalue weighted by Gasteiger charge is -2.30. The summed E-state index contributed by atoms with van der Waals surface area (Å²) < 4.78 is 6.50. The van der Waals surface area contributed by atoms with Gasteiger partial charge in [-0.2, -0.15) is 0 Å². The van der Waals surface area contributed by atoms with Crippen LogP contribution in [0.25, 0.3) is 0 Å². The molecule has 2 heterocycles. The van der Waals surface area contributed by atoms with E-state index in [1.807, 2.05) is 6.07 Å². The van der Waals surface area contributed by atoms with E-state index in [2.05, 4.69) is 22.6 Å². The zero-order valence-electron chi connectivity index (χ0n) is 10.7. The normalized spacial score (nSPS) is 13.5. The van der Waals surface area contributed by atoms with E-state index >= 15 is 0 Å². The summed E-state index contributed by atoms with van der Waals surface area (Å²) in [6.07, 6.45) is 0. The third-order valence-electron chi connectivity index (χ3n) is 3.14. The van der Waals surface area contributed by atoms with Gasteiger partial charge in [-0.1, -0.05) is 6.07 Å². The van der Waals surface area contributed by atoms with E-state index in [-0.39, 0.29) is 23.8 Å². The monoisotopic (exact) mass is 415 g/mol. The van der Waals surface area contributed by atoms with Gasteiger partial charge in [0.15, 0.2) is 5.75 Å². The van der Waals surface area contributed by atoms with E-state index in [1.54, 1.807) is 22.4 Å². The first-order valence-corrected chi connectivity index (χ1v) is 8.09. The number of amides is 1. The van der Waals surface area contributed by atoms with E-state index in [1.165, 1.54) is 17.4 Å². The van der Waals surface area contributed by atoms with E-state index in [9.17, 15) is 14.7 Å². The number of rotatable bonds is 2. The average molecular weight is 415 g/mol. The van der Waals surface area contributed by atoms with Crippen molar-refractivity contribution in [3.8, 4) is 5.75 Å². The van der Waals surface area contributed by atoms with Crippen LogP contribution in [-0.4, -0.2) is 30.1 Å². The van der Waals surface area contributed by atoms with E-state index < -0.39 is 5.97 Å². The molecule has 2 aromatic rings. The second-order valence-corrected chi connectivity index (χ2v) is 7.21. The molecule has 1 aromatic heterocycles. The maximum Gasteiger partial charge on any atom is 0.339 e. The van der Waals surface area contributed by atoms with Gasteiger partial charge in [0.2, 0.25) is 0 Å². The number of para-hydroxylation sites is 1. The Morgan fingerprint density at radius 1 is 1.38 bits per heavy atom. The topological polar surface area (TPSA) is 66.8 Å². The zero-order chi connectivity index (χ0) is 15.0. The smallest absolute Gasteiger partial charge is 0.339 e.